The van der Waals surface area contributed by atoms with Crippen molar-refractivity contribution in [1.29, 1.82) is 0 Å². The van der Waals surface area contributed by atoms with Crippen LogP contribution >= 0.6 is 0 Å². The SMILES string of the molecule is Cc1cc2ccccc2n1CC(=O)NNC(=O)C(CC(C)C)N1C(=O)c2ccccc2C1c1c(-c2ccccc2)n(C)c2ccccc12. The molecule has 8 heteroatoms. The Kier molecular flexibility index (Phi) is 8.09. The van der Waals surface area contributed by atoms with Gasteiger partial charge < -0.3 is 14.0 Å². The number of rotatable bonds is 8. The Balaban J connectivity index is 1.27. The number of nitrogens with zero attached hydrogens (tertiary/aromatic N) is 3. The van der Waals surface area contributed by atoms with Crippen LogP contribution < -0.4 is 10.9 Å². The van der Waals surface area contributed by atoms with E-state index in [1.54, 1.807) is 4.90 Å². The zero-order valence-corrected chi connectivity index (χ0v) is 27.6. The third-order valence-electron chi connectivity index (χ3n) is 9.44. The minimum atomic E-state index is -0.855. The van der Waals surface area contributed by atoms with Crippen LogP contribution in [0.2, 0.25) is 0 Å². The van der Waals surface area contributed by atoms with Gasteiger partial charge in [0.25, 0.3) is 17.7 Å². The monoisotopic (exact) mass is 637 g/mol. The van der Waals surface area contributed by atoms with Gasteiger partial charge in [-0.1, -0.05) is 98.8 Å². The lowest BCUT2D eigenvalue weighted by atomic mass is 9.91. The quantitative estimate of drug-likeness (QED) is 0.178. The van der Waals surface area contributed by atoms with Gasteiger partial charge in [-0.15, -0.1) is 0 Å². The maximum Gasteiger partial charge on any atom is 0.261 e. The molecular formula is C40H39N5O3. The molecule has 1 aliphatic rings. The molecule has 0 radical (unpaired) electrons. The van der Waals surface area contributed by atoms with Gasteiger partial charge >= 0.3 is 0 Å². The smallest absolute Gasteiger partial charge is 0.261 e. The van der Waals surface area contributed by atoms with E-state index in [4.69, 9.17) is 0 Å². The number of aryl methyl sites for hydroxylation is 2. The molecule has 4 aromatic carbocycles. The minimum Gasteiger partial charge on any atom is -0.343 e. The molecule has 3 amide bonds. The van der Waals surface area contributed by atoms with Crippen LogP contribution in [0.4, 0.5) is 0 Å². The third-order valence-corrected chi connectivity index (χ3v) is 9.44. The number of para-hydroxylation sites is 2. The predicted molar refractivity (Wildman–Crippen MR) is 189 cm³/mol. The van der Waals surface area contributed by atoms with Gasteiger partial charge in [-0.2, -0.15) is 0 Å². The Morgan fingerprint density at radius 2 is 1.48 bits per heavy atom. The molecule has 8 nitrogen and oxygen atoms in total. The molecule has 2 unspecified atom stereocenters. The summed E-state index contributed by atoms with van der Waals surface area (Å²) in [5.74, 6) is -0.907. The van der Waals surface area contributed by atoms with E-state index in [-0.39, 0.29) is 24.3 Å². The molecule has 2 aromatic heterocycles. The summed E-state index contributed by atoms with van der Waals surface area (Å²) in [6.45, 7) is 6.07. The summed E-state index contributed by atoms with van der Waals surface area (Å²) in [7, 11) is 2.05. The fourth-order valence-electron chi connectivity index (χ4n) is 7.35. The summed E-state index contributed by atoms with van der Waals surface area (Å²) in [4.78, 5) is 43.6. The van der Waals surface area contributed by atoms with Crippen molar-refractivity contribution >= 4 is 39.5 Å². The second kappa shape index (κ2) is 12.5. The second-order valence-corrected chi connectivity index (χ2v) is 13.0. The second-order valence-electron chi connectivity index (χ2n) is 13.0. The fraction of sp³-hybridized carbons (Fsp3) is 0.225. The molecule has 242 valence electrons. The summed E-state index contributed by atoms with van der Waals surface area (Å²) in [5, 5.41) is 2.06. The van der Waals surface area contributed by atoms with Crippen LogP contribution in [-0.4, -0.2) is 37.8 Å². The molecule has 0 bridgehead atoms. The lowest BCUT2D eigenvalue weighted by molar-refractivity contribution is -0.132. The van der Waals surface area contributed by atoms with Crippen LogP contribution in [0.3, 0.4) is 0 Å². The molecule has 48 heavy (non-hydrogen) atoms. The third kappa shape index (κ3) is 5.33. The number of hydrogen-bond acceptors (Lipinski definition) is 3. The Bertz CT molecular complexity index is 2180. The summed E-state index contributed by atoms with van der Waals surface area (Å²) in [6, 6.07) is 34.5. The highest BCUT2D eigenvalue weighted by Crippen LogP contribution is 2.47. The van der Waals surface area contributed by atoms with Gasteiger partial charge in [0, 0.05) is 40.3 Å². The van der Waals surface area contributed by atoms with Crippen LogP contribution in [0, 0.1) is 12.8 Å². The van der Waals surface area contributed by atoms with E-state index in [0.717, 1.165) is 49.9 Å². The van der Waals surface area contributed by atoms with Crippen molar-refractivity contribution in [2.75, 3.05) is 0 Å². The topological polar surface area (TPSA) is 88.4 Å². The van der Waals surface area contributed by atoms with Crippen molar-refractivity contribution in [3.63, 3.8) is 0 Å². The number of aromatic nitrogens is 2. The number of carbonyl (C=O) groups is 3. The van der Waals surface area contributed by atoms with E-state index in [2.05, 4.69) is 39.7 Å². The number of carbonyl (C=O) groups excluding carboxylic acids is 3. The first-order chi connectivity index (χ1) is 23.2. The fourth-order valence-corrected chi connectivity index (χ4v) is 7.35. The van der Waals surface area contributed by atoms with E-state index < -0.39 is 18.0 Å². The molecular weight excluding hydrogens is 598 g/mol. The Hall–Kier alpha value is -5.63. The zero-order valence-electron chi connectivity index (χ0n) is 27.6. The molecule has 6 aromatic rings. The lowest BCUT2D eigenvalue weighted by Gasteiger charge is -2.34. The highest BCUT2D eigenvalue weighted by atomic mass is 16.2. The van der Waals surface area contributed by atoms with Crippen molar-refractivity contribution in [3.05, 3.63) is 132 Å². The Morgan fingerprint density at radius 3 is 2.25 bits per heavy atom. The van der Waals surface area contributed by atoms with Crippen molar-refractivity contribution in [2.45, 2.75) is 45.8 Å². The first-order valence-corrected chi connectivity index (χ1v) is 16.4. The number of amides is 3. The van der Waals surface area contributed by atoms with E-state index in [1.807, 2.05) is 117 Å². The van der Waals surface area contributed by atoms with E-state index in [0.29, 0.717) is 12.0 Å². The zero-order chi connectivity index (χ0) is 33.5. The number of nitrogens with one attached hydrogen (secondary N) is 2. The van der Waals surface area contributed by atoms with Gasteiger partial charge in [-0.05, 0) is 60.0 Å². The number of hydrazine groups is 1. The van der Waals surface area contributed by atoms with Crippen molar-refractivity contribution in [2.24, 2.45) is 13.0 Å². The van der Waals surface area contributed by atoms with Gasteiger partial charge in [0.1, 0.15) is 12.6 Å². The molecule has 0 spiro atoms. The summed E-state index contributed by atoms with van der Waals surface area (Å²) < 4.78 is 4.10. The molecule has 2 atom stereocenters. The number of hydrogen-bond donors (Lipinski definition) is 2. The average molecular weight is 638 g/mol. The molecule has 7 rings (SSSR count). The van der Waals surface area contributed by atoms with Crippen LogP contribution in [-0.2, 0) is 23.2 Å². The van der Waals surface area contributed by atoms with Crippen LogP contribution in [0.25, 0.3) is 33.1 Å². The van der Waals surface area contributed by atoms with E-state index in [1.165, 1.54) is 0 Å². The molecule has 0 fully saturated rings. The maximum absolute atomic E-state index is 14.5. The normalized spacial score (nSPS) is 14.9. The highest BCUT2D eigenvalue weighted by Gasteiger charge is 2.46. The largest absolute Gasteiger partial charge is 0.343 e. The highest BCUT2D eigenvalue weighted by molar-refractivity contribution is 6.04. The Morgan fingerprint density at radius 1 is 0.812 bits per heavy atom. The molecule has 2 N–H and O–H groups in total. The molecule has 0 saturated heterocycles. The lowest BCUT2D eigenvalue weighted by Crippen LogP contribution is -2.54. The van der Waals surface area contributed by atoms with Gasteiger partial charge in [-0.3, -0.25) is 25.2 Å². The summed E-state index contributed by atoms with van der Waals surface area (Å²) in [6.07, 6.45) is 0.407. The average Bonchev–Trinajstić information content (AvgIpc) is 3.68. The van der Waals surface area contributed by atoms with E-state index in [9.17, 15) is 14.4 Å². The molecule has 0 aliphatic carbocycles. The maximum atomic E-state index is 14.5. The number of benzene rings is 4. The van der Waals surface area contributed by atoms with E-state index >= 15 is 0 Å². The molecule has 0 saturated carbocycles. The van der Waals surface area contributed by atoms with Gasteiger partial charge in [0.2, 0.25) is 0 Å². The summed E-state index contributed by atoms with van der Waals surface area (Å²) >= 11 is 0. The molecule has 1 aliphatic heterocycles. The van der Waals surface area contributed by atoms with Crippen LogP contribution in [0.5, 0.6) is 0 Å². The summed E-state index contributed by atoms with van der Waals surface area (Å²) in [5.41, 5.74) is 12.7. The first-order valence-electron chi connectivity index (χ1n) is 16.4. The minimum absolute atomic E-state index is 0.0433. The van der Waals surface area contributed by atoms with Gasteiger partial charge in [-0.25, -0.2) is 0 Å². The predicted octanol–water partition coefficient (Wildman–Crippen LogP) is 6.92. The van der Waals surface area contributed by atoms with Crippen LogP contribution in [0.1, 0.15) is 53.5 Å². The number of fused-ring (bicyclic) bond motifs is 3. The van der Waals surface area contributed by atoms with Crippen molar-refractivity contribution in [3.8, 4) is 11.3 Å². The first kappa shape index (κ1) is 31.0. The standard InChI is InChI=1S/C40H39N5O3/c1-25(2)22-34(39(47)42-41-35(46)24-44-26(3)23-28-16-8-12-20-32(28)44)45-38(29-17-9-10-18-30(29)40(45)48)36-31-19-11-13-21-33(31)43(4)37(36)27-14-6-5-7-15-27/h5-21,23,25,34,38H,22,24H2,1-4H3,(H,41,46)(H,42,47). The Labute approximate surface area is 279 Å². The van der Waals surface area contributed by atoms with Crippen molar-refractivity contribution < 1.29 is 14.4 Å². The van der Waals surface area contributed by atoms with Gasteiger partial charge in [0.15, 0.2) is 0 Å². The van der Waals surface area contributed by atoms with Gasteiger partial charge in [0.05, 0.1) is 11.7 Å². The molecule has 3 heterocycles. The van der Waals surface area contributed by atoms with Crippen molar-refractivity contribution in [1.82, 2.24) is 24.9 Å². The van der Waals surface area contributed by atoms with Crippen LogP contribution in [0.15, 0.2) is 109 Å².